The molecule has 0 unspecified atom stereocenters. The van der Waals surface area contributed by atoms with Crippen molar-refractivity contribution in [3.63, 3.8) is 0 Å². The van der Waals surface area contributed by atoms with Crippen LogP contribution in [-0.2, 0) is 35.0 Å². The Balaban J connectivity index is 3.23. The Morgan fingerprint density at radius 1 is 1.60 bits per heavy atom. The first kappa shape index (κ1) is 5.71. The minimum atomic E-state index is -1.38. The van der Waals surface area contributed by atoms with Gasteiger partial charge in [0.1, 0.15) is 0 Å². The normalized spacial score (nSPS) is 9.20. The zero-order valence-corrected chi connectivity index (χ0v) is 4.65. The molecule has 32 valence electrons. The van der Waals surface area contributed by atoms with Crippen LogP contribution in [0.2, 0.25) is 0 Å². The Labute approximate surface area is 40.7 Å². The van der Waals surface area contributed by atoms with Crippen LogP contribution in [0.5, 0.6) is 0 Å². The van der Waals surface area contributed by atoms with Gasteiger partial charge in [-0.25, -0.2) is 5.26 Å². The molecule has 0 amide bonds. The molecule has 0 aliphatic rings. The third-order valence-electron chi connectivity index (χ3n) is 0.0667. The quantitative estimate of drug-likeness (QED) is 0.289. The molecule has 0 bridgehead atoms. The van der Waals surface area contributed by atoms with Gasteiger partial charge in [-0.15, -0.1) is 0 Å². The highest BCUT2D eigenvalue weighted by atomic mass is 33.1. The van der Waals surface area contributed by atoms with E-state index in [2.05, 4.69) is 26.7 Å². The van der Waals surface area contributed by atoms with E-state index in [-0.39, 0.29) is 0 Å². The van der Waals surface area contributed by atoms with Gasteiger partial charge in [0, 0.05) is 8.29 Å². The van der Waals surface area contributed by atoms with E-state index < -0.39 is 8.29 Å². The lowest BCUT2D eigenvalue weighted by Crippen LogP contribution is -1.69. The molecule has 0 radical (unpaired) electrons. The predicted molar refractivity (Wildman–Crippen MR) is 27.2 cm³/mol. The molecule has 2 nitrogen and oxygen atoms in total. The van der Waals surface area contributed by atoms with Crippen molar-refractivity contribution in [1.29, 1.82) is 0 Å². The first-order valence-electron chi connectivity index (χ1n) is 0.730. The lowest BCUT2D eigenvalue weighted by atomic mass is 15.0. The summed E-state index contributed by atoms with van der Waals surface area (Å²) in [7, 11) is -1.38. The van der Waals surface area contributed by atoms with E-state index in [1.54, 1.807) is 0 Å². The minimum absolute atomic E-state index is 1.38. The smallest absolute Gasteiger partial charge is 0.0411 e. The summed E-state index contributed by atoms with van der Waals surface area (Å²) >= 11 is 8.38. The maximum Gasteiger partial charge on any atom is 0.0411 e. The second-order valence-corrected chi connectivity index (χ2v) is 3.60. The van der Waals surface area contributed by atoms with Crippen LogP contribution in [0, 0.1) is 0 Å². The number of hydrogen-bond acceptors (Lipinski definition) is 4. The highest BCUT2D eigenvalue weighted by Gasteiger charge is 1.55. The standard InChI is InChI=1S/H2O2S3/c1-2-5(3)4/h1,5H. The second kappa shape index (κ2) is 2.92. The summed E-state index contributed by atoms with van der Waals surface area (Å²) in [5.41, 5.74) is 0. The SMILES string of the molecule is OO[SH](=S)=S. The van der Waals surface area contributed by atoms with Gasteiger partial charge in [0.2, 0.25) is 0 Å². The molecule has 1 N–H and O–H groups in total. The fraction of sp³-hybridized carbons (Fsp3) is 0. The summed E-state index contributed by atoms with van der Waals surface area (Å²) in [6.45, 7) is 0. The largest absolute Gasteiger partial charge is 0.239 e. The van der Waals surface area contributed by atoms with Crippen molar-refractivity contribution in [2.75, 3.05) is 0 Å². The maximum absolute atomic E-state index is 7.46. The number of hydrogen-bond donors (Lipinski definition) is 2. The fourth-order valence-electron chi connectivity index (χ4n) is 0. The summed E-state index contributed by atoms with van der Waals surface area (Å²) in [6.07, 6.45) is 0. The van der Waals surface area contributed by atoms with Crippen molar-refractivity contribution in [3.05, 3.63) is 0 Å². The van der Waals surface area contributed by atoms with Crippen LogP contribution in [0.4, 0.5) is 0 Å². The summed E-state index contributed by atoms with van der Waals surface area (Å²) in [6, 6.07) is 0. The van der Waals surface area contributed by atoms with Crippen molar-refractivity contribution in [2.24, 2.45) is 0 Å². The lowest BCUT2D eigenvalue weighted by Gasteiger charge is -1.71. The summed E-state index contributed by atoms with van der Waals surface area (Å²) in [5, 5.41) is 7.46. The third-order valence-corrected chi connectivity index (χ3v) is 0.600. The number of thiol groups is 1. The molecule has 5 heavy (non-hydrogen) atoms. The average Bonchev–Trinajstić information content (AvgIpc) is 1.38. The van der Waals surface area contributed by atoms with E-state index in [0.717, 1.165) is 0 Å². The molecule has 0 rings (SSSR count). The monoisotopic (exact) mass is 130 g/mol. The van der Waals surface area contributed by atoms with Crippen LogP contribution in [0.3, 0.4) is 0 Å². The van der Waals surface area contributed by atoms with Gasteiger partial charge >= 0.3 is 0 Å². The maximum atomic E-state index is 7.46. The zero-order valence-electron chi connectivity index (χ0n) is 2.12. The molecule has 0 saturated heterocycles. The molecule has 0 aliphatic heterocycles. The van der Waals surface area contributed by atoms with Crippen LogP contribution < -0.4 is 0 Å². The average molecular weight is 130 g/mol. The van der Waals surface area contributed by atoms with E-state index in [0.29, 0.717) is 0 Å². The highest BCUT2D eigenvalue weighted by Crippen LogP contribution is 1.56. The van der Waals surface area contributed by atoms with E-state index in [9.17, 15) is 0 Å². The molecule has 0 fully saturated rings. The highest BCUT2D eigenvalue weighted by molar-refractivity contribution is 8.44. The predicted octanol–water partition coefficient (Wildman–Crippen LogP) is -0.335. The minimum Gasteiger partial charge on any atom is -0.239 e. The summed E-state index contributed by atoms with van der Waals surface area (Å²) in [4.78, 5) is 0. The van der Waals surface area contributed by atoms with Crippen molar-refractivity contribution >= 4 is 30.7 Å². The van der Waals surface area contributed by atoms with Crippen LogP contribution in [0.1, 0.15) is 0 Å². The van der Waals surface area contributed by atoms with Crippen molar-refractivity contribution < 1.29 is 9.59 Å². The Morgan fingerprint density at radius 3 is 1.80 bits per heavy atom. The molecule has 0 heterocycles. The third kappa shape index (κ3) is 4.71. The van der Waals surface area contributed by atoms with E-state index in [1.165, 1.54) is 0 Å². The molecule has 0 spiro atoms. The molecular formula is H2O2S3. The van der Waals surface area contributed by atoms with Crippen LogP contribution in [0.15, 0.2) is 0 Å². The molecule has 0 atom stereocenters. The van der Waals surface area contributed by atoms with Crippen LogP contribution in [-0.4, -0.2) is 5.26 Å². The van der Waals surface area contributed by atoms with E-state index >= 15 is 0 Å². The van der Waals surface area contributed by atoms with Gasteiger partial charge in [-0.05, 0) is 22.4 Å². The number of rotatable bonds is 1. The van der Waals surface area contributed by atoms with Crippen molar-refractivity contribution in [1.82, 2.24) is 0 Å². The van der Waals surface area contributed by atoms with Crippen LogP contribution in [0.25, 0.3) is 0 Å². The summed E-state index contributed by atoms with van der Waals surface area (Å²) < 4.78 is 3.44. The fourth-order valence-corrected chi connectivity index (χ4v) is 0. The molecule has 5 heteroatoms. The van der Waals surface area contributed by atoms with Gasteiger partial charge in [0.05, 0.1) is 0 Å². The van der Waals surface area contributed by atoms with Gasteiger partial charge in [-0.3, -0.25) is 0 Å². The van der Waals surface area contributed by atoms with Crippen molar-refractivity contribution in [2.45, 2.75) is 0 Å². The molecule has 0 aliphatic carbocycles. The van der Waals surface area contributed by atoms with E-state index in [1.807, 2.05) is 0 Å². The first-order chi connectivity index (χ1) is 2.27. The molecule has 0 aromatic heterocycles. The molecule has 0 aromatic rings. The summed E-state index contributed by atoms with van der Waals surface area (Å²) in [5.74, 6) is 0. The Kier molecular flexibility index (Phi) is 3.34. The topological polar surface area (TPSA) is 29.5 Å². The lowest BCUT2D eigenvalue weighted by molar-refractivity contribution is -0.115. The molecule has 0 saturated carbocycles. The zero-order chi connectivity index (χ0) is 4.28. The van der Waals surface area contributed by atoms with Gasteiger partial charge in [-0.1, -0.05) is 0 Å². The van der Waals surface area contributed by atoms with Crippen LogP contribution >= 0.6 is 0 Å². The molecule has 0 aromatic carbocycles. The Bertz CT molecular complexity index is 63.0. The second-order valence-electron chi connectivity index (χ2n) is 0.305. The molecular weight excluding hydrogens is 128 g/mol. The first-order valence-corrected chi connectivity index (χ1v) is 4.02. The van der Waals surface area contributed by atoms with E-state index in [4.69, 9.17) is 5.26 Å². The van der Waals surface area contributed by atoms with Gasteiger partial charge < -0.3 is 0 Å². The Hall–Kier alpha value is 0.710. The Morgan fingerprint density at radius 2 is 1.80 bits per heavy atom. The van der Waals surface area contributed by atoms with Gasteiger partial charge in [0.25, 0.3) is 0 Å². The van der Waals surface area contributed by atoms with Gasteiger partial charge in [0.15, 0.2) is 0 Å². The van der Waals surface area contributed by atoms with Gasteiger partial charge in [-0.2, -0.15) is 4.33 Å². The van der Waals surface area contributed by atoms with Crippen molar-refractivity contribution in [3.8, 4) is 0 Å².